The molecule has 0 heterocycles. The molecule has 0 spiro atoms. The van der Waals surface area contributed by atoms with Gasteiger partial charge in [-0.15, -0.1) is 0 Å². The fraction of sp³-hybridized carbons (Fsp3) is 0.600. The first-order chi connectivity index (χ1) is 7.70. The van der Waals surface area contributed by atoms with Gasteiger partial charge in [0.2, 0.25) is 0 Å². The fourth-order valence-corrected chi connectivity index (χ4v) is 2.06. The Kier molecular flexibility index (Phi) is 8.37. The number of rotatable bonds is 4. The Morgan fingerprint density at radius 1 is 1.00 bits per heavy atom. The highest BCUT2D eigenvalue weighted by atomic mass is 35.5. The third-order valence-corrected chi connectivity index (χ3v) is 3.06. The van der Waals surface area contributed by atoms with E-state index in [1.807, 2.05) is 19.9 Å². The average molecular weight is 241 g/mol. The van der Waals surface area contributed by atoms with E-state index in [2.05, 4.69) is 26.8 Å². The molecule has 0 aliphatic rings. The van der Waals surface area contributed by atoms with E-state index in [0.717, 1.165) is 11.4 Å². The van der Waals surface area contributed by atoms with Crippen LogP contribution in [-0.2, 0) is 12.8 Å². The van der Waals surface area contributed by atoms with Gasteiger partial charge in [-0.25, -0.2) is 0 Å². The number of hydrogen-bond donors (Lipinski definition) is 0. The summed E-state index contributed by atoms with van der Waals surface area (Å²) >= 11 is 6.12. The quantitative estimate of drug-likeness (QED) is 0.645. The molecular formula is C15H25Cl. The van der Waals surface area contributed by atoms with Crippen molar-refractivity contribution >= 4 is 11.6 Å². The van der Waals surface area contributed by atoms with Gasteiger partial charge in [-0.1, -0.05) is 58.2 Å². The zero-order valence-corrected chi connectivity index (χ0v) is 12.1. The molecule has 0 fully saturated rings. The monoisotopic (exact) mass is 240 g/mol. The molecule has 1 aromatic carbocycles. The van der Waals surface area contributed by atoms with Gasteiger partial charge < -0.3 is 0 Å². The molecule has 1 rings (SSSR count). The van der Waals surface area contributed by atoms with Gasteiger partial charge in [-0.3, -0.25) is 0 Å². The minimum Gasteiger partial charge on any atom is -0.0840 e. The maximum absolute atomic E-state index is 6.12. The maximum Gasteiger partial charge on any atom is 0.0438 e. The van der Waals surface area contributed by atoms with Crippen molar-refractivity contribution in [3.05, 3.63) is 33.8 Å². The molecule has 0 saturated heterocycles. The second-order valence-corrected chi connectivity index (χ2v) is 4.22. The largest absolute Gasteiger partial charge is 0.0840 e. The Morgan fingerprint density at radius 3 is 2.06 bits per heavy atom. The van der Waals surface area contributed by atoms with Crippen LogP contribution < -0.4 is 0 Å². The summed E-state index contributed by atoms with van der Waals surface area (Å²) in [5, 5.41) is 0.910. The van der Waals surface area contributed by atoms with Crippen molar-refractivity contribution in [1.29, 1.82) is 0 Å². The van der Waals surface area contributed by atoms with Crippen molar-refractivity contribution in [2.75, 3.05) is 0 Å². The third-order valence-electron chi connectivity index (χ3n) is 2.65. The van der Waals surface area contributed by atoms with E-state index in [-0.39, 0.29) is 0 Å². The van der Waals surface area contributed by atoms with Gasteiger partial charge in [-0.2, -0.15) is 0 Å². The highest BCUT2D eigenvalue weighted by Gasteiger charge is 2.07. The summed E-state index contributed by atoms with van der Waals surface area (Å²) < 4.78 is 0. The van der Waals surface area contributed by atoms with Crippen LogP contribution in [0.5, 0.6) is 0 Å². The van der Waals surface area contributed by atoms with Crippen LogP contribution in [-0.4, -0.2) is 0 Å². The summed E-state index contributed by atoms with van der Waals surface area (Å²) in [6.45, 7) is 10.6. The smallest absolute Gasteiger partial charge is 0.0438 e. The van der Waals surface area contributed by atoms with Gasteiger partial charge in [0.1, 0.15) is 0 Å². The van der Waals surface area contributed by atoms with E-state index in [9.17, 15) is 0 Å². The summed E-state index contributed by atoms with van der Waals surface area (Å²) in [5.41, 5.74) is 4.23. The lowest BCUT2D eigenvalue weighted by Gasteiger charge is -2.12. The first-order valence-corrected chi connectivity index (χ1v) is 6.85. The first kappa shape index (κ1) is 15.5. The molecule has 0 aliphatic carbocycles. The minimum absolute atomic E-state index is 0.910. The van der Waals surface area contributed by atoms with E-state index in [4.69, 9.17) is 11.6 Å². The zero-order chi connectivity index (χ0) is 12.6. The van der Waals surface area contributed by atoms with Crippen LogP contribution in [0.4, 0.5) is 0 Å². The summed E-state index contributed by atoms with van der Waals surface area (Å²) in [6, 6.07) is 4.21. The predicted molar refractivity (Wildman–Crippen MR) is 75.5 cm³/mol. The van der Waals surface area contributed by atoms with E-state index in [0.29, 0.717) is 0 Å². The van der Waals surface area contributed by atoms with Gasteiger partial charge in [0.25, 0.3) is 0 Å². The van der Waals surface area contributed by atoms with Crippen molar-refractivity contribution in [2.24, 2.45) is 0 Å². The molecule has 0 atom stereocenters. The Morgan fingerprint density at radius 2 is 1.56 bits per heavy atom. The molecule has 0 aromatic heterocycles. The number of benzene rings is 1. The molecule has 0 amide bonds. The van der Waals surface area contributed by atoms with Crippen LogP contribution in [0.25, 0.3) is 0 Å². The van der Waals surface area contributed by atoms with E-state index >= 15 is 0 Å². The van der Waals surface area contributed by atoms with Crippen LogP contribution in [0.1, 0.15) is 57.2 Å². The molecule has 16 heavy (non-hydrogen) atoms. The highest BCUT2D eigenvalue weighted by Crippen LogP contribution is 2.24. The standard InChI is InChI=1S/C13H19Cl.C2H6/c1-4-6-11-8-9-13(14)10(3)12(11)7-5-2;1-2/h8-9H,4-7H2,1-3H3;1-2H3. The lowest BCUT2D eigenvalue weighted by molar-refractivity contribution is 0.854. The van der Waals surface area contributed by atoms with E-state index in [1.165, 1.54) is 36.0 Å². The van der Waals surface area contributed by atoms with Crippen molar-refractivity contribution in [3.8, 4) is 0 Å². The third kappa shape index (κ3) is 4.17. The molecule has 92 valence electrons. The van der Waals surface area contributed by atoms with Crippen LogP contribution in [0.2, 0.25) is 5.02 Å². The van der Waals surface area contributed by atoms with Gasteiger partial charge >= 0.3 is 0 Å². The Bertz CT molecular complexity index is 303. The molecule has 0 nitrogen and oxygen atoms in total. The Labute approximate surface area is 106 Å². The van der Waals surface area contributed by atoms with Gasteiger partial charge in [0.15, 0.2) is 0 Å². The second-order valence-electron chi connectivity index (χ2n) is 3.81. The molecule has 0 bridgehead atoms. The van der Waals surface area contributed by atoms with Crippen molar-refractivity contribution < 1.29 is 0 Å². The van der Waals surface area contributed by atoms with Gasteiger partial charge in [0.05, 0.1) is 0 Å². The van der Waals surface area contributed by atoms with Crippen molar-refractivity contribution in [2.45, 2.75) is 60.3 Å². The molecule has 1 heteroatoms. The topological polar surface area (TPSA) is 0 Å². The number of hydrogen-bond acceptors (Lipinski definition) is 0. The Hall–Kier alpha value is -0.490. The molecule has 0 radical (unpaired) electrons. The zero-order valence-electron chi connectivity index (χ0n) is 11.4. The summed E-state index contributed by atoms with van der Waals surface area (Å²) in [4.78, 5) is 0. The van der Waals surface area contributed by atoms with Crippen LogP contribution in [0.15, 0.2) is 12.1 Å². The maximum atomic E-state index is 6.12. The summed E-state index contributed by atoms with van der Waals surface area (Å²) in [6.07, 6.45) is 4.73. The van der Waals surface area contributed by atoms with Crippen LogP contribution in [0.3, 0.4) is 0 Å². The minimum atomic E-state index is 0.910. The lowest BCUT2D eigenvalue weighted by atomic mass is 9.95. The first-order valence-electron chi connectivity index (χ1n) is 6.47. The summed E-state index contributed by atoms with van der Waals surface area (Å²) in [7, 11) is 0. The Balaban J connectivity index is 0.00000106. The highest BCUT2D eigenvalue weighted by molar-refractivity contribution is 6.31. The van der Waals surface area contributed by atoms with Crippen molar-refractivity contribution in [1.82, 2.24) is 0 Å². The van der Waals surface area contributed by atoms with E-state index in [1.54, 1.807) is 0 Å². The van der Waals surface area contributed by atoms with Crippen LogP contribution in [0, 0.1) is 6.92 Å². The lowest BCUT2D eigenvalue weighted by Crippen LogP contribution is -1.97. The SMILES string of the molecule is CC.CCCc1ccc(Cl)c(C)c1CCC. The number of halogens is 1. The number of aryl methyl sites for hydroxylation is 1. The van der Waals surface area contributed by atoms with Crippen molar-refractivity contribution in [3.63, 3.8) is 0 Å². The fourth-order valence-electron chi connectivity index (χ4n) is 1.89. The second kappa shape index (κ2) is 8.64. The normalized spacial score (nSPS) is 9.62. The average Bonchev–Trinajstić information content (AvgIpc) is 2.31. The molecule has 1 aromatic rings. The summed E-state index contributed by atoms with van der Waals surface area (Å²) in [5.74, 6) is 0. The molecule has 0 saturated carbocycles. The molecule has 0 unspecified atom stereocenters. The van der Waals surface area contributed by atoms with Gasteiger partial charge in [-0.05, 0) is 42.5 Å². The van der Waals surface area contributed by atoms with Gasteiger partial charge in [0, 0.05) is 5.02 Å². The molecule has 0 aliphatic heterocycles. The van der Waals surface area contributed by atoms with Crippen LogP contribution >= 0.6 is 11.6 Å². The molecule has 0 N–H and O–H groups in total. The molecular weight excluding hydrogens is 216 g/mol. The van der Waals surface area contributed by atoms with E-state index < -0.39 is 0 Å². The predicted octanol–water partition coefficient (Wildman–Crippen LogP) is 5.58.